The molecule has 0 spiro atoms. The van der Waals surface area contributed by atoms with Gasteiger partial charge < -0.3 is 15.2 Å². The SMILES string of the molecule is COc1ccc([C@H](N)c2nc(-c3ccc(OC)c([N+](=O)[O-])c3)n[nH]2)cc1. The molecule has 0 fully saturated rings. The first-order valence-corrected chi connectivity index (χ1v) is 7.68. The van der Waals surface area contributed by atoms with Crippen molar-refractivity contribution in [2.75, 3.05) is 14.2 Å². The van der Waals surface area contributed by atoms with Crippen molar-refractivity contribution in [3.8, 4) is 22.9 Å². The van der Waals surface area contributed by atoms with Crippen LogP contribution in [0.15, 0.2) is 42.5 Å². The number of benzene rings is 2. The number of aromatic amines is 1. The van der Waals surface area contributed by atoms with Crippen LogP contribution in [0.4, 0.5) is 5.69 Å². The third-order valence-corrected chi connectivity index (χ3v) is 3.91. The van der Waals surface area contributed by atoms with Crippen LogP contribution in [0, 0.1) is 10.1 Å². The zero-order chi connectivity index (χ0) is 18.7. The third kappa shape index (κ3) is 3.33. The Labute approximate surface area is 148 Å². The van der Waals surface area contributed by atoms with E-state index in [0.717, 1.165) is 11.3 Å². The van der Waals surface area contributed by atoms with E-state index in [1.807, 2.05) is 12.1 Å². The Hall–Kier alpha value is -3.46. The van der Waals surface area contributed by atoms with Gasteiger partial charge in [-0.25, -0.2) is 4.98 Å². The summed E-state index contributed by atoms with van der Waals surface area (Å²) in [7, 11) is 2.96. The van der Waals surface area contributed by atoms with Gasteiger partial charge in [0.2, 0.25) is 0 Å². The van der Waals surface area contributed by atoms with Crippen molar-refractivity contribution in [3.05, 3.63) is 64.0 Å². The highest BCUT2D eigenvalue weighted by atomic mass is 16.6. The van der Waals surface area contributed by atoms with Crippen molar-refractivity contribution in [1.29, 1.82) is 0 Å². The lowest BCUT2D eigenvalue weighted by atomic mass is 10.1. The minimum atomic E-state index is -0.518. The van der Waals surface area contributed by atoms with E-state index in [1.54, 1.807) is 25.3 Å². The summed E-state index contributed by atoms with van der Waals surface area (Å²) < 4.78 is 10.1. The van der Waals surface area contributed by atoms with E-state index in [-0.39, 0.29) is 11.4 Å². The Morgan fingerprint density at radius 2 is 1.88 bits per heavy atom. The molecule has 1 atom stereocenters. The fourth-order valence-corrected chi connectivity index (χ4v) is 2.48. The standard InChI is InChI=1S/C17H17N5O4/c1-25-12-6-3-10(4-7-12)15(18)17-19-16(20-21-17)11-5-8-14(26-2)13(9-11)22(23)24/h3-9,15H,18H2,1-2H3,(H,19,20,21)/t15-/m0/s1. The number of H-pyrrole nitrogens is 1. The van der Waals surface area contributed by atoms with Gasteiger partial charge in [0.1, 0.15) is 11.6 Å². The number of nitrogens with one attached hydrogen (secondary N) is 1. The first kappa shape index (κ1) is 17.4. The summed E-state index contributed by atoms with van der Waals surface area (Å²) >= 11 is 0. The molecule has 3 rings (SSSR count). The highest BCUT2D eigenvalue weighted by Crippen LogP contribution is 2.31. The number of aromatic nitrogens is 3. The maximum atomic E-state index is 11.2. The molecule has 134 valence electrons. The van der Waals surface area contributed by atoms with E-state index < -0.39 is 11.0 Å². The molecule has 1 aromatic heterocycles. The number of rotatable bonds is 6. The second-order valence-electron chi connectivity index (χ2n) is 5.44. The summed E-state index contributed by atoms with van der Waals surface area (Å²) in [5.74, 6) is 1.66. The average molecular weight is 355 g/mol. The molecule has 0 aliphatic carbocycles. The lowest BCUT2D eigenvalue weighted by molar-refractivity contribution is -0.385. The number of nitro benzene ring substituents is 1. The Balaban J connectivity index is 1.89. The highest BCUT2D eigenvalue weighted by molar-refractivity contribution is 5.63. The normalized spacial score (nSPS) is 11.8. The van der Waals surface area contributed by atoms with Gasteiger partial charge >= 0.3 is 5.69 Å². The van der Waals surface area contributed by atoms with Crippen LogP contribution in [0.25, 0.3) is 11.4 Å². The van der Waals surface area contributed by atoms with Crippen molar-refractivity contribution in [2.24, 2.45) is 5.73 Å². The van der Waals surface area contributed by atoms with Crippen LogP contribution in [-0.4, -0.2) is 34.3 Å². The van der Waals surface area contributed by atoms with Gasteiger partial charge in [-0.2, -0.15) is 5.10 Å². The number of hydrogen-bond acceptors (Lipinski definition) is 7. The van der Waals surface area contributed by atoms with Crippen molar-refractivity contribution in [1.82, 2.24) is 15.2 Å². The van der Waals surface area contributed by atoms with Gasteiger partial charge in [0.25, 0.3) is 0 Å². The van der Waals surface area contributed by atoms with E-state index in [2.05, 4.69) is 15.2 Å². The number of nitrogens with two attached hydrogens (primary N) is 1. The van der Waals surface area contributed by atoms with Crippen molar-refractivity contribution in [2.45, 2.75) is 6.04 Å². The topological polar surface area (TPSA) is 129 Å². The van der Waals surface area contributed by atoms with Gasteiger partial charge in [-0.1, -0.05) is 12.1 Å². The second kappa shape index (κ2) is 7.19. The maximum Gasteiger partial charge on any atom is 0.311 e. The fraction of sp³-hybridized carbons (Fsp3) is 0.176. The molecule has 0 saturated heterocycles. The molecule has 26 heavy (non-hydrogen) atoms. The summed E-state index contributed by atoms with van der Waals surface area (Å²) in [4.78, 5) is 15.0. The van der Waals surface area contributed by atoms with Crippen LogP contribution in [0.5, 0.6) is 11.5 Å². The van der Waals surface area contributed by atoms with E-state index in [4.69, 9.17) is 15.2 Å². The molecule has 0 radical (unpaired) electrons. The predicted molar refractivity (Wildman–Crippen MR) is 94.0 cm³/mol. The Morgan fingerprint density at radius 1 is 1.15 bits per heavy atom. The molecule has 9 heteroatoms. The van der Waals surface area contributed by atoms with Crippen LogP contribution in [0.1, 0.15) is 17.4 Å². The lowest BCUT2D eigenvalue weighted by Crippen LogP contribution is -2.13. The van der Waals surface area contributed by atoms with Crippen LogP contribution < -0.4 is 15.2 Å². The van der Waals surface area contributed by atoms with Crippen molar-refractivity contribution in [3.63, 3.8) is 0 Å². The van der Waals surface area contributed by atoms with E-state index >= 15 is 0 Å². The first-order valence-electron chi connectivity index (χ1n) is 7.68. The quantitative estimate of drug-likeness (QED) is 0.513. The summed E-state index contributed by atoms with van der Waals surface area (Å²) in [5, 5.41) is 18.1. The summed E-state index contributed by atoms with van der Waals surface area (Å²) in [6.07, 6.45) is 0. The van der Waals surface area contributed by atoms with Gasteiger partial charge in [0.15, 0.2) is 11.6 Å². The Kier molecular flexibility index (Phi) is 4.81. The number of nitrogens with zero attached hydrogens (tertiary/aromatic N) is 3. The molecular weight excluding hydrogens is 338 g/mol. The van der Waals surface area contributed by atoms with Crippen molar-refractivity contribution >= 4 is 5.69 Å². The number of nitro groups is 1. The lowest BCUT2D eigenvalue weighted by Gasteiger charge is -2.09. The van der Waals surface area contributed by atoms with E-state index in [9.17, 15) is 10.1 Å². The average Bonchev–Trinajstić information content (AvgIpc) is 3.17. The molecule has 1 heterocycles. The van der Waals surface area contributed by atoms with E-state index in [1.165, 1.54) is 19.2 Å². The third-order valence-electron chi connectivity index (χ3n) is 3.91. The second-order valence-corrected chi connectivity index (χ2v) is 5.44. The molecule has 0 aliphatic rings. The minimum Gasteiger partial charge on any atom is -0.497 e. The zero-order valence-corrected chi connectivity index (χ0v) is 14.2. The zero-order valence-electron chi connectivity index (χ0n) is 14.2. The smallest absolute Gasteiger partial charge is 0.311 e. The van der Waals surface area contributed by atoms with Crippen molar-refractivity contribution < 1.29 is 14.4 Å². The summed E-state index contributed by atoms with van der Waals surface area (Å²) in [6.45, 7) is 0. The van der Waals surface area contributed by atoms with Crippen LogP contribution >= 0.6 is 0 Å². The molecule has 3 N–H and O–H groups in total. The monoisotopic (exact) mass is 355 g/mol. The molecule has 0 saturated carbocycles. The van der Waals surface area contributed by atoms with Gasteiger partial charge in [0, 0.05) is 11.6 Å². The van der Waals surface area contributed by atoms with Crippen LogP contribution in [-0.2, 0) is 0 Å². The molecule has 0 amide bonds. The first-order chi connectivity index (χ1) is 12.5. The minimum absolute atomic E-state index is 0.157. The molecule has 9 nitrogen and oxygen atoms in total. The van der Waals surface area contributed by atoms with Crippen LogP contribution in [0.3, 0.4) is 0 Å². The summed E-state index contributed by atoms with van der Waals surface area (Å²) in [5.41, 5.74) is 7.38. The Bertz CT molecular complexity index is 923. The number of methoxy groups -OCH3 is 2. The molecular formula is C17H17N5O4. The molecule has 2 aromatic carbocycles. The molecule has 0 bridgehead atoms. The van der Waals surface area contributed by atoms with Gasteiger partial charge in [-0.05, 0) is 29.8 Å². The predicted octanol–water partition coefficient (Wildman–Crippen LogP) is 2.45. The van der Waals surface area contributed by atoms with Gasteiger partial charge in [-0.15, -0.1) is 0 Å². The summed E-state index contributed by atoms with van der Waals surface area (Å²) in [6, 6.07) is 11.3. The maximum absolute atomic E-state index is 11.2. The number of ether oxygens (including phenoxy) is 2. The van der Waals surface area contributed by atoms with Gasteiger partial charge in [-0.3, -0.25) is 15.2 Å². The van der Waals surface area contributed by atoms with Gasteiger partial charge in [0.05, 0.1) is 25.2 Å². The van der Waals surface area contributed by atoms with Crippen LogP contribution in [0.2, 0.25) is 0 Å². The van der Waals surface area contributed by atoms with E-state index in [0.29, 0.717) is 17.2 Å². The fourth-order valence-electron chi connectivity index (χ4n) is 2.48. The largest absolute Gasteiger partial charge is 0.497 e. The highest BCUT2D eigenvalue weighted by Gasteiger charge is 2.19. The number of hydrogen-bond donors (Lipinski definition) is 2. The molecule has 0 unspecified atom stereocenters. The molecule has 3 aromatic rings. The Morgan fingerprint density at radius 3 is 2.50 bits per heavy atom. The molecule has 0 aliphatic heterocycles.